The van der Waals surface area contributed by atoms with E-state index in [0.717, 1.165) is 77.9 Å². The van der Waals surface area contributed by atoms with Crippen LogP contribution in [-0.2, 0) is 108 Å². The minimum Gasteiger partial charge on any atom is -0.507 e. The summed E-state index contributed by atoms with van der Waals surface area (Å²) in [5.41, 5.74) is 19.1. The molecule has 2 heterocycles. The van der Waals surface area contributed by atoms with Gasteiger partial charge in [0, 0.05) is 51.4 Å². The molecule has 0 atom stereocenters. The largest absolute Gasteiger partial charge is 0.507 e. The van der Waals surface area contributed by atoms with Crippen LogP contribution in [-0.4, -0.2) is 30.6 Å². The van der Waals surface area contributed by atoms with E-state index in [0.29, 0.717) is 78.3 Å². The van der Waals surface area contributed by atoms with Gasteiger partial charge in [-0.2, -0.15) is 0 Å². The van der Waals surface area contributed by atoms with E-state index in [-0.39, 0.29) is 142 Å². The lowest BCUT2D eigenvalue weighted by Gasteiger charge is -2.28. The molecule has 0 fully saturated rings. The average Bonchev–Trinajstić information content (AvgIpc) is 0.777. The highest BCUT2D eigenvalue weighted by Gasteiger charge is 2.32. The van der Waals surface area contributed by atoms with Crippen molar-refractivity contribution in [2.24, 2.45) is 0 Å². The van der Waals surface area contributed by atoms with Crippen molar-refractivity contribution in [2.75, 3.05) is 0 Å². The van der Waals surface area contributed by atoms with Crippen molar-refractivity contribution in [1.29, 1.82) is 0 Å². The molecule has 2 aliphatic heterocycles. The molecule has 0 saturated heterocycles. The highest BCUT2D eigenvalue weighted by atomic mass is 16.5. The van der Waals surface area contributed by atoms with Gasteiger partial charge < -0.3 is 40.1 Å². The van der Waals surface area contributed by atoms with Gasteiger partial charge in [0.2, 0.25) is 0 Å². The van der Waals surface area contributed by atoms with Crippen LogP contribution in [0, 0.1) is 0 Å². The molecule has 0 unspecified atom stereocenters. The van der Waals surface area contributed by atoms with Crippen LogP contribution < -0.4 is 9.47 Å². The smallest absolute Gasteiger partial charge is 0.126 e. The fourth-order valence-corrected chi connectivity index (χ4v) is 14.8. The number of phenolic OH excluding ortho intramolecular Hbond substituents is 6. The van der Waals surface area contributed by atoms with Crippen molar-refractivity contribution in [3.05, 3.63) is 266 Å². The summed E-state index contributed by atoms with van der Waals surface area (Å²) in [6.45, 7) is 53.0. The molecule has 16 bridgehead atoms. The first-order valence-corrected chi connectivity index (χ1v) is 37.8. The summed E-state index contributed by atoms with van der Waals surface area (Å²) in [5, 5.41) is 78.8. The lowest BCUT2D eigenvalue weighted by atomic mass is 9.79. The van der Waals surface area contributed by atoms with Crippen LogP contribution in [0.1, 0.15) is 311 Å². The highest BCUT2D eigenvalue weighted by Crippen LogP contribution is 2.48. The number of hydrogen-bond donors (Lipinski definition) is 6. The number of benzene rings is 9. The molecule has 0 aliphatic carbocycles. The molecule has 0 saturated carbocycles. The lowest BCUT2D eigenvalue weighted by Crippen LogP contribution is -2.16. The zero-order valence-electron chi connectivity index (χ0n) is 67.1. The predicted octanol–water partition coefficient (Wildman–Crippen LogP) is 22.8. The molecule has 8 heteroatoms. The first-order valence-electron chi connectivity index (χ1n) is 37.8. The van der Waals surface area contributed by atoms with Crippen LogP contribution in [0.15, 0.2) is 121 Å². The number of phenols is 6. The lowest BCUT2D eigenvalue weighted by molar-refractivity contribution is 0.294. The average molecular weight is 1400 g/mol. The summed E-state index contributed by atoms with van der Waals surface area (Å²) in [6, 6.07) is 42.7. The van der Waals surface area contributed by atoms with Gasteiger partial charge in [-0.05, 0) is 194 Å². The summed E-state index contributed by atoms with van der Waals surface area (Å²) < 4.78 is 14.9. The Bertz CT molecular complexity index is 4270. The van der Waals surface area contributed by atoms with Crippen LogP contribution >= 0.6 is 0 Å². The van der Waals surface area contributed by atoms with Gasteiger partial charge in [0.15, 0.2) is 0 Å². The van der Waals surface area contributed by atoms with Crippen LogP contribution in [0.25, 0.3) is 0 Å². The second-order valence-electron chi connectivity index (χ2n) is 38.9. The molecule has 2 aliphatic rings. The van der Waals surface area contributed by atoms with Gasteiger partial charge in [-0.1, -0.05) is 281 Å². The van der Waals surface area contributed by atoms with Crippen molar-refractivity contribution in [2.45, 2.75) is 274 Å². The molecule has 11 rings (SSSR count). The second-order valence-corrected chi connectivity index (χ2v) is 38.9. The Hall–Kier alpha value is -8.62. The minimum atomic E-state index is -0.357. The molecule has 0 amide bonds. The predicted molar refractivity (Wildman–Crippen MR) is 429 cm³/mol. The molecular weight excluding hydrogens is 1280 g/mol. The number of aromatic hydroxyl groups is 6. The Kier molecular flexibility index (Phi) is 20.1. The fourth-order valence-electron chi connectivity index (χ4n) is 14.8. The first-order chi connectivity index (χ1) is 48.0. The van der Waals surface area contributed by atoms with E-state index in [1.807, 2.05) is 0 Å². The van der Waals surface area contributed by atoms with Crippen LogP contribution in [0.3, 0.4) is 0 Å². The minimum absolute atomic E-state index is 0.116. The van der Waals surface area contributed by atoms with Gasteiger partial charge in [0.05, 0.1) is 0 Å². The maximum absolute atomic E-state index is 13.2. The summed E-state index contributed by atoms with van der Waals surface area (Å²) in [5.74, 6) is 2.11. The van der Waals surface area contributed by atoms with Crippen LogP contribution in [0.5, 0.6) is 46.0 Å². The Balaban J connectivity index is 1.28. The van der Waals surface area contributed by atoms with Crippen molar-refractivity contribution >= 4 is 0 Å². The Morgan fingerprint density at radius 3 is 0.481 bits per heavy atom. The van der Waals surface area contributed by atoms with E-state index in [4.69, 9.17) is 9.47 Å². The molecule has 104 heavy (non-hydrogen) atoms. The number of ether oxygens (including phenoxy) is 2. The van der Waals surface area contributed by atoms with Crippen molar-refractivity contribution in [1.82, 2.24) is 0 Å². The Labute approximate surface area is 622 Å². The van der Waals surface area contributed by atoms with E-state index in [1.54, 1.807) is 0 Å². The third-order valence-electron chi connectivity index (χ3n) is 21.8. The molecule has 6 N–H and O–H groups in total. The summed E-state index contributed by atoms with van der Waals surface area (Å²) in [7, 11) is 0. The normalized spacial score (nSPS) is 14.5. The van der Waals surface area contributed by atoms with E-state index >= 15 is 0 Å². The number of rotatable bonds is 0. The van der Waals surface area contributed by atoms with Crippen LogP contribution in [0.4, 0.5) is 0 Å². The van der Waals surface area contributed by atoms with E-state index < -0.39 is 0 Å². The van der Waals surface area contributed by atoms with Crippen molar-refractivity contribution in [3.63, 3.8) is 0 Å². The zero-order chi connectivity index (χ0) is 76.3. The molecule has 8 nitrogen and oxygen atoms in total. The molecule has 9 aromatic carbocycles. The van der Waals surface area contributed by atoms with Crippen molar-refractivity contribution in [3.8, 4) is 46.0 Å². The van der Waals surface area contributed by atoms with Gasteiger partial charge >= 0.3 is 0 Å². The first kappa shape index (κ1) is 76.5. The molecular formula is C96H118O8. The van der Waals surface area contributed by atoms with E-state index in [9.17, 15) is 30.6 Å². The second kappa shape index (κ2) is 27.4. The standard InChI is InChI=1S/C96H118O8/c1-89(2,3)73-37-57-29-61-41-75(91(7,8)9)45-65(83(61)99)33-69-49-79(95(19,20)21)51-71-35-67-47-77(93(13,14)15)43-63(85(67)101)31-59-39-74(90(4,5)6)40-60(82(59)98)32-64-44-78(94(16,17)18)48-68(86(64)102)36-72-52-80(96(22,23)24)50-70(88(72)104-54-56-27-25-26-55(28-56)53-103-87(69)71)34-66-46-76(92(10,11)12)42-62(84(66)100)30-58(38-73)81(57)97/h25-28,37-52,97-102H,29-36,53-54H2,1-24H3. The Morgan fingerprint density at radius 2 is 0.337 bits per heavy atom. The topological polar surface area (TPSA) is 140 Å². The summed E-state index contributed by atoms with van der Waals surface area (Å²) in [4.78, 5) is 0. The zero-order valence-corrected chi connectivity index (χ0v) is 67.1. The summed E-state index contributed by atoms with van der Waals surface area (Å²) in [6.07, 6.45) is 2.03. The van der Waals surface area contributed by atoms with E-state index in [2.05, 4.69) is 287 Å². The van der Waals surface area contributed by atoms with Crippen LogP contribution in [0.2, 0.25) is 0 Å². The van der Waals surface area contributed by atoms with Crippen molar-refractivity contribution < 1.29 is 40.1 Å². The monoisotopic (exact) mass is 1400 g/mol. The third-order valence-corrected chi connectivity index (χ3v) is 21.8. The fraction of sp³-hybridized carbons (Fsp3) is 0.438. The van der Waals surface area contributed by atoms with Gasteiger partial charge in [-0.3, -0.25) is 0 Å². The SMILES string of the molecule is CC(C)(C)c1cc2c(O)c(c1)Cc1cc(C(C)(C)C)cc(c1O)Cc1cc(C(C)(C)C)cc3c1OCc1cccc(c1)COc1c(cc(C(C)(C)C)cc1Cc1cc(C(C)(C)C)cc(c1O)Cc1cc(C(C)(C)C)cc(c1O)Cc1cc(C(C)(C)C)cc(c1O)C3)Cc1cc(C(C)(C)C)cc(c1O)C2. The molecule has 0 aromatic heterocycles. The van der Waals surface area contributed by atoms with E-state index in [1.165, 1.54) is 0 Å². The Morgan fingerprint density at radius 1 is 0.202 bits per heavy atom. The molecule has 0 radical (unpaired) electrons. The quantitative estimate of drug-likeness (QED) is 0.0882. The maximum Gasteiger partial charge on any atom is 0.126 e. The number of hydrogen-bond acceptors (Lipinski definition) is 8. The third kappa shape index (κ3) is 16.6. The maximum atomic E-state index is 13.2. The molecule has 0 spiro atoms. The van der Waals surface area contributed by atoms with Gasteiger partial charge in [-0.15, -0.1) is 0 Å². The molecule has 550 valence electrons. The summed E-state index contributed by atoms with van der Waals surface area (Å²) >= 11 is 0. The molecule has 9 aromatic rings. The van der Waals surface area contributed by atoms with Gasteiger partial charge in [0.25, 0.3) is 0 Å². The highest BCUT2D eigenvalue weighted by molar-refractivity contribution is 5.63. The van der Waals surface area contributed by atoms with Gasteiger partial charge in [0.1, 0.15) is 59.2 Å². The van der Waals surface area contributed by atoms with Gasteiger partial charge in [-0.25, -0.2) is 0 Å². The number of fused-ring (bicyclic) bond motifs is 14.